The van der Waals surface area contributed by atoms with E-state index in [4.69, 9.17) is 14.6 Å². The fourth-order valence-corrected chi connectivity index (χ4v) is 1.98. The number of fused-ring (bicyclic) bond motifs is 1. The quantitative estimate of drug-likeness (QED) is 0.619. The number of hydrogen-bond donors (Lipinski definition) is 4. The van der Waals surface area contributed by atoms with Gasteiger partial charge in [0, 0.05) is 6.07 Å². The van der Waals surface area contributed by atoms with E-state index in [1.54, 1.807) is 0 Å². The van der Waals surface area contributed by atoms with Crippen LogP contribution in [0.4, 0.5) is 0 Å². The number of hydrogen-bond acceptors (Lipinski definition) is 6. The molecule has 2 atom stereocenters. The highest BCUT2D eigenvalue weighted by molar-refractivity contribution is 5.87. The van der Waals surface area contributed by atoms with E-state index in [-0.39, 0.29) is 16.5 Å². The highest BCUT2D eigenvalue weighted by atomic mass is 16.4. The molecule has 0 spiro atoms. The maximum atomic E-state index is 11.9. The van der Waals surface area contributed by atoms with E-state index in [9.17, 15) is 24.6 Å². The first-order valence-electron chi connectivity index (χ1n) is 6.18. The zero-order valence-electron chi connectivity index (χ0n) is 11.1. The van der Waals surface area contributed by atoms with Crippen LogP contribution in [0.2, 0.25) is 0 Å². The Morgan fingerprint density at radius 3 is 2.41 bits per heavy atom. The van der Waals surface area contributed by atoms with Crippen molar-refractivity contribution >= 4 is 22.9 Å². The molecule has 0 bridgehead atoms. The maximum absolute atomic E-state index is 11.9. The Kier molecular flexibility index (Phi) is 4.25. The van der Waals surface area contributed by atoms with E-state index in [2.05, 4.69) is 0 Å². The summed E-state index contributed by atoms with van der Waals surface area (Å²) in [6.07, 6.45) is -3.70. The van der Waals surface area contributed by atoms with Crippen LogP contribution < -0.4 is 5.43 Å². The molecule has 1 aromatic carbocycles. The molecule has 2 rings (SSSR count). The van der Waals surface area contributed by atoms with E-state index in [0.29, 0.717) is 0 Å². The molecule has 1 heterocycles. The van der Waals surface area contributed by atoms with Gasteiger partial charge in [-0.25, -0.2) is 4.79 Å². The van der Waals surface area contributed by atoms with Crippen LogP contribution in [-0.2, 0) is 4.79 Å². The molecule has 2 unspecified atom stereocenters. The van der Waals surface area contributed by atoms with Gasteiger partial charge in [0.1, 0.15) is 11.7 Å². The molecule has 0 fully saturated rings. The minimum absolute atomic E-state index is 0.00794. The predicted molar refractivity (Wildman–Crippen MR) is 72.7 cm³/mol. The Bertz CT molecular complexity index is 791. The second-order valence-electron chi connectivity index (χ2n) is 4.65. The summed E-state index contributed by atoms with van der Waals surface area (Å²) >= 11 is 0. The minimum atomic E-state index is -1.54. The molecule has 0 amide bonds. The van der Waals surface area contributed by atoms with Crippen LogP contribution in [0.3, 0.4) is 0 Å². The lowest BCUT2D eigenvalue weighted by Gasteiger charge is -2.16. The lowest BCUT2D eigenvalue weighted by molar-refractivity contribution is -0.141. The van der Waals surface area contributed by atoms with Gasteiger partial charge in [-0.3, -0.25) is 9.59 Å². The Labute approximate surface area is 122 Å². The summed E-state index contributed by atoms with van der Waals surface area (Å²) in [6.45, 7) is 0. The molecule has 0 aliphatic heterocycles. The molecule has 22 heavy (non-hydrogen) atoms. The van der Waals surface area contributed by atoms with Gasteiger partial charge in [-0.05, 0) is 17.7 Å². The Morgan fingerprint density at radius 2 is 1.82 bits per heavy atom. The number of carboxylic acids is 2. The van der Waals surface area contributed by atoms with Gasteiger partial charge in [-0.1, -0.05) is 6.07 Å². The van der Waals surface area contributed by atoms with Crippen LogP contribution in [-0.4, -0.2) is 38.5 Å². The van der Waals surface area contributed by atoms with Gasteiger partial charge in [0.25, 0.3) is 0 Å². The minimum Gasteiger partial charge on any atom is -0.481 e. The second kappa shape index (κ2) is 5.96. The summed E-state index contributed by atoms with van der Waals surface area (Å²) in [7, 11) is 0. The van der Waals surface area contributed by atoms with Gasteiger partial charge in [-0.2, -0.15) is 0 Å². The van der Waals surface area contributed by atoms with Gasteiger partial charge in [0.2, 0.25) is 5.76 Å². The second-order valence-corrected chi connectivity index (χ2v) is 4.65. The average Bonchev–Trinajstić information content (AvgIpc) is 2.45. The zero-order chi connectivity index (χ0) is 16.4. The molecule has 8 heteroatoms. The predicted octanol–water partition coefficient (Wildman–Crippen LogP) is 0.360. The normalized spacial score (nSPS) is 13.7. The third kappa shape index (κ3) is 3.13. The van der Waals surface area contributed by atoms with E-state index in [1.807, 2.05) is 0 Å². The smallest absolute Gasteiger partial charge is 0.371 e. The van der Waals surface area contributed by atoms with Crippen LogP contribution >= 0.6 is 0 Å². The third-order valence-electron chi connectivity index (χ3n) is 3.05. The Hall–Kier alpha value is -2.71. The van der Waals surface area contributed by atoms with Crippen molar-refractivity contribution in [1.82, 2.24) is 0 Å². The van der Waals surface area contributed by atoms with Crippen molar-refractivity contribution in [3.63, 3.8) is 0 Å². The molecule has 1 aromatic heterocycles. The van der Waals surface area contributed by atoms with Crippen LogP contribution in [0.1, 0.15) is 28.6 Å². The number of aromatic carboxylic acids is 1. The molecular weight excluding hydrogens is 296 g/mol. The number of benzene rings is 1. The largest absolute Gasteiger partial charge is 0.481 e. The lowest BCUT2D eigenvalue weighted by Crippen LogP contribution is -2.22. The first kappa shape index (κ1) is 15.7. The van der Waals surface area contributed by atoms with Crippen LogP contribution in [0.15, 0.2) is 33.5 Å². The molecule has 8 nitrogen and oxygen atoms in total. The molecule has 4 N–H and O–H groups in total. The Morgan fingerprint density at radius 1 is 1.14 bits per heavy atom. The van der Waals surface area contributed by atoms with E-state index >= 15 is 0 Å². The first-order chi connectivity index (χ1) is 10.3. The molecule has 0 saturated carbocycles. The van der Waals surface area contributed by atoms with Gasteiger partial charge in [0.05, 0.1) is 17.9 Å². The fraction of sp³-hybridized carbons (Fsp3) is 0.214. The lowest BCUT2D eigenvalue weighted by atomic mass is 10.0. The SMILES string of the molecule is O=C(O)CC(O)C(O)c1ccc2oc(C(=O)O)cc(=O)c2c1. The van der Waals surface area contributed by atoms with Crippen molar-refractivity contribution < 1.29 is 34.4 Å². The van der Waals surface area contributed by atoms with Crippen LogP contribution in [0.5, 0.6) is 0 Å². The summed E-state index contributed by atoms with van der Waals surface area (Å²) in [4.78, 5) is 33.2. The average molecular weight is 308 g/mol. The highest BCUT2D eigenvalue weighted by Crippen LogP contribution is 2.23. The summed E-state index contributed by atoms with van der Waals surface area (Å²) in [5.74, 6) is -3.19. The number of aliphatic carboxylic acids is 1. The van der Waals surface area contributed by atoms with Crippen LogP contribution in [0.25, 0.3) is 11.0 Å². The third-order valence-corrected chi connectivity index (χ3v) is 3.05. The number of carbonyl (C=O) groups is 2. The standard InChI is InChI=1S/C14H12O8/c15-8-4-11(14(20)21)22-10-2-1-6(3-7(8)10)13(19)9(16)5-12(17)18/h1-4,9,13,16,19H,5H2,(H,17,18)(H,20,21). The summed E-state index contributed by atoms with van der Waals surface area (Å²) in [5, 5.41) is 36.9. The van der Waals surface area contributed by atoms with Gasteiger partial charge < -0.3 is 24.8 Å². The van der Waals surface area contributed by atoms with Crippen molar-refractivity contribution in [1.29, 1.82) is 0 Å². The summed E-state index contributed by atoms with van der Waals surface area (Å²) in [6, 6.07) is 4.61. The molecule has 2 aromatic rings. The number of aliphatic hydroxyl groups is 2. The van der Waals surface area contributed by atoms with Crippen LogP contribution in [0, 0.1) is 0 Å². The molecule has 0 saturated heterocycles. The first-order valence-corrected chi connectivity index (χ1v) is 6.18. The van der Waals surface area contributed by atoms with Crippen molar-refractivity contribution in [2.75, 3.05) is 0 Å². The summed E-state index contributed by atoms with van der Waals surface area (Å²) < 4.78 is 5.03. The molecule has 0 aliphatic rings. The van der Waals surface area contributed by atoms with Gasteiger partial charge >= 0.3 is 11.9 Å². The van der Waals surface area contributed by atoms with Crippen molar-refractivity contribution in [3.05, 3.63) is 45.8 Å². The molecular formula is C14H12O8. The molecule has 0 aliphatic carbocycles. The molecule has 0 radical (unpaired) electrons. The summed E-state index contributed by atoms with van der Waals surface area (Å²) in [5.41, 5.74) is -0.495. The van der Waals surface area contributed by atoms with Crippen molar-refractivity contribution in [2.45, 2.75) is 18.6 Å². The fourth-order valence-electron chi connectivity index (χ4n) is 1.98. The topological polar surface area (TPSA) is 145 Å². The van der Waals surface area contributed by atoms with Gasteiger partial charge in [-0.15, -0.1) is 0 Å². The number of carboxylic acid groups (broad SMARTS) is 2. The van der Waals surface area contributed by atoms with E-state index in [1.165, 1.54) is 18.2 Å². The number of aliphatic hydroxyl groups excluding tert-OH is 2. The number of rotatable bonds is 5. The van der Waals surface area contributed by atoms with Crippen molar-refractivity contribution in [2.24, 2.45) is 0 Å². The molecule has 116 valence electrons. The van der Waals surface area contributed by atoms with E-state index in [0.717, 1.165) is 6.07 Å². The highest BCUT2D eigenvalue weighted by Gasteiger charge is 2.22. The Balaban J connectivity index is 2.45. The monoisotopic (exact) mass is 308 g/mol. The van der Waals surface area contributed by atoms with Gasteiger partial charge in [0.15, 0.2) is 5.43 Å². The maximum Gasteiger partial charge on any atom is 0.371 e. The van der Waals surface area contributed by atoms with E-state index < -0.39 is 41.8 Å². The van der Waals surface area contributed by atoms with Crippen molar-refractivity contribution in [3.8, 4) is 0 Å². The zero-order valence-corrected chi connectivity index (χ0v) is 11.1.